The molecule has 0 fully saturated rings. The minimum absolute atomic E-state index is 0. The van der Waals surface area contributed by atoms with E-state index in [0.29, 0.717) is 6.04 Å². The molecule has 3 rings (SSSR count). The Balaban J connectivity index is 0.00000120. The summed E-state index contributed by atoms with van der Waals surface area (Å²) >= 11 is 6.37. The minimum atomic E-state index is 0. The minimum Gasteiger partial charge on any atom is -0.306 e. The number of halogens is 2. The van der Waals surface area contributed by atoms with E-state index < -0.39 is 0 Å². The maximum Gasteiger partial charge on any atom is 0.0441 e. The first-order chi connectivity index (χ1) is 8.18. The number of likely N-dealkylation sites (N-methyl/N-ethyl adjacent to an activating group) is 1. The average Bonchev–Trinajstić information content (AvgIpc) is 2.33. The summed E-state index contributed by atoms with van der Waals surface area (Å²) in [5.41, 5.74) is 4.62. The summed E-state index contributed by atoms with van der Waals surface area (Å²) in [7, 11) is 4.43. The van der Waals surface area contributed by atoms with Crippen LogP contribution in [0.1, 0.15) is 41.9 Å². The summed E-state index contributed by atoms with van der Waals surface area (Å²) in [5.74, 6) is 0.719. The Bertz CT molecular complexity index is 442. The molecule has 0 saturated heterocycles. The molecule has 2 atom stereocenters. The molecule has 0 spiro atoms. The maximum atomic E-state index is 6.37. The van der Waals surface area contributed by atoms with Gasteiger partial charge in [-0.1, -0.05) is 17.7 Å². The second kappa shape index (κ2) is 5.40. The van der Waals surface area contributed by atoms with Gasteiger partial charge in [0.15, 0.2) is 0 Å². The highest BCUT2D eigenvalue weighted by Crippen LogP contribution is 2.44. The normalized spacial score (nSPS) is 25.6. The van der Waals surface area contributed by atoms with Crippen LogP contribution in [0.3, 0.4) is 0 Å². The van der Waals surface area contributed by atoms with E-state index in [4.69, 9.17) is 11.6 Å². The van der Waals surface area contributed by atoms with Crippen molar-refractivity contribution in [1.82, 2.24) is 4.90 Å². The SMILES string of the molecule is CN(C)C1CCc2ccc(Cl)c3c2C1CCC3.Cl. The molecule has 0 heterocycles. The first-order valence-corrected chi connectivity index (χ1v) is 7.03. The van der Waals surface area contributed by atoms with Gasteiger partial charge in [0.25, 0.3) is 0 Å². The molecule has 100 valence electrons. The summed E-state index contributed by atoms with van der Waals surface area (Å²) in [6, 6.07) is 5.07. The molecular formula is C15H21Cl2N. The van der Waals surface area contributed by atoms with Gasteiger partial charge in [-0.3, -0.25) is 0 Å². The summed E-state index contributed by atoms with van der Waals surface area (Å²) < 4.78 is 0. The van der Waals surface area contributed by atoms with Crippen LogP contribution in [0, 0.1) is 0 Å². The average molecular weight is 286 g/mol. The predicted octanol–water partition coefficient (Wildman–Crippen LogP) is 4.06. The van der Waals surface area contributed by atoms with Crippen molar-refractivity contribution >= 4 is 24.0 Å². The van der Waals surface area contributed by atoms with Crippen molar-refractivity contribution in [3.05, 3.63) is 33.8 Å². The third kappa shape index (κ3) is 2.17. The molecule has 0 bridgehead atoms. The fraction of sp³-hybridized carbons (Fsp3) is 0.600. The number of rotatable bonds is 1. The van der Waals surface area contributed by atoms with Crippen molar-refractivity contribution in [3.63, 3.8) is 0 Å². The van der Waals surface area contributed by atoms with Gasteiger partial charge in [0.05, 0.1) is 0 Å². The van der Waals surface area contributed by atoms with Crippen LogP contribution >= 0.6 is 24.0 Å². The smallest absolute Gasteiger partial charge is 0.0441 e. The van der Waals surface area contributed by atoms with Crippen molar-refractivity contribution in [3.8, 4) is 0 Å². The number of hydrogen-bond donors (Lipinski definition) is 0. The third-order valence-electron chi connectivity index (χ3n) is 4.54. The zero-order chi connectivity index (χ0) is 12.0. The number of nitrogens with zero attached hydrogens (tertiary/aromatic N) is 1. The zero-order valence-electron chi connectivity index (χ0n) is 11.1. The molecule has 1 nitrogen and oxygen atoms in total. The maximum absolute atomic E-state index is 6.37. The Morgan fingerprint density at radius 1 is 1.17 bits per heavy atom. The highest BCUT2D eigenvalue weighted by atomic mass is 35.5. The molecule has 0 N–H and O–H groups in total. The Morgan fingerprint density at radius 3 is 2.67 bits per heavy atom. The van der Waals surface area contributed by atoms with E-state index in [0.717, 1.165) is 10.9 Å². The molecular weight excluding hydrogens is 265 g/mol. The van der Waals surface area contributed by atoms with Crippen LogP contribution < -0.4 is 0 Å². The van der Waals surface area contributed by atoms with Gasteiger partial charge in [-0.15, -0.1) is 12.4 Å². The summed E-state index contributed by atoms with van der Waals surface area (Å²) in [5, 5.41) is 0.993. The lowest BCUT2D eigenvalue weighted by atomic mass is 9.70. The van der Waals surface area contributed by atoms with E-state index in [9.17, 15) is 0 Å². The quantitative estimate of drug-likeness (QED) is 0.752. The molecule has 2 unspecified atom stereocenters. The molecule has 2 aliphatic carbocycles. The number of benzene rings is 1. The van der Waals surface area contributed by atoms with Gasteiger partial charge in [-0.2, -0.15) is 0 Å². The van der Waals surface area contributed by atoms with Gasteiger partial charge in [-0.25, -0.2) is 0 Å². The van der Waals surface area contributed by atoms with Crippen LogP contribution in [0.15, 0.2) is 12.1 Å². The van der Waals surface area contributed by atoms with Gasteiger partial charge in [0, 0.05) is 17.0 Å². The molecule has 0 amide bonds. The highest BCUT2D eigenvalue weighted by Gasteiger charge is 2.35. The first-order valence-electron chi connectivity index (χ1n) is 6.65. The summed E-state index contributed by atoms with van der Waals surface area (Å²) in [6.07, 6.45) is 6.33. The number of aryl methyl sites for hydroxylation is 1. The Hall–Kier alpha value is -0.240. The number of hydrogen-bond acceptors (Lipinski definition) is 1. The van der Waals surface area contributed by atoms with Gasteiger partial charge in [0.2, 0.25) is 0 Å². The van der Waals surface area contributed by atoms with Crippen LogP contribution in [0.2, 0.25) is 5.02 Å². The fourth-order valence-electron chi connectivity index (χ4n) is 3.77. The van der Waals surface area contributed by atoms with Crippen molar-refractivity contribution in [2.75, 3.05) is 14.1 Å². The van der Waals surface area contributed by atoms with Gasteiger partial charge < -0.3 is 4.90 Å². The van der Waals surface area contributed by atoms with E-state index in [1.165, 1.54) is 37.7 Å². The van der Waals surface area contributed by atoms with Gasteiger partial charge in [0.1, 0.15) is 0 Å². The summed E-state index contributed by atoms with van der Waals surface area (Å²) in [6.45, 7) is 0. The van der Waals surface area contributed by atoms with E-state index in [1.54, 1.807) is 11.1 Å². The van der Waals surface area contributed by atoms with Crippen molar-refractivity contribution in [2.45, 2.75) is 44.1 Å². The Labute approximate surface area is 121 Å². The van der Waals surface area contributed by atoms with Gasteiger partial charge in [-0.05, 0) is 69.0 Å². The Morgan fingerprint density at radius 2 is 1.94 bits per heavy atom. The van der Waals surface area contributed by atoms with Crippen LogP contribution in [0.4, 0.5) is 0 Å². The lowest BCUT2D eigenvalue weighted by Crippen LogP contribution is -2.39. The standard InChI is InChI=1S/C15H20ClN.ClH/c1-17(2)14-9-7-10-6-8-13(16)11-4-3-5-12(14)15(10)11;/h6,8,12,14H,3-5,7,9H2,1-2H3;1H. The molecule has 0 aromatic heterocycles. The molecule has 0 radical (unpaired) electrons. The molecule has 3 heteroatoms. The van der Waals surface area contributed by atoms with E-state index in [2.05, 4.69) is 31.1 Å². The second-order valence-corrected chi connectivity index (χ2v) is 6.07. The monoisotopic (exact) mass is 285 g/mol. The molecule has 2 aliphatic rings. The third-order valence-corrected chi connectivity index (χ3v) is 4.89. The van der Waals surface area contributed by atoms with Crippen LogP contribution in [-0.4, -0.2) is 25.0 Å². The molecule has 0 saturated carbocycles. The Kier molecular flexibility index (Phi) is 4.25. The molecule has 18 heavy (non-hydrogen) atoms. The first kappa shape index (κ1) is 14.2. The van der Waals surface area contributed by atoms with Crippen molar-refractivity contribution < 1.29 is 0 Å². The second-order valence-electron chi connectivity index (χ2n) is 5.67. The van der Waals surface area contributed by atoms with Crippen LogP contribution in [-0.2, 0) is 12.8 Å². The topological polar surface area (TPSA) is 3.24 Å². The van der Waals surface area contributed by atoms with E-state index in [-0.39, 0.29) is 12.4 Å². The largest absolute Gasteiger partial charge is 0.306 e. The fourth-order valence-corrected chi connectivity index (χ4v) is 4.03. The van der Waals surface area contributed by atoms with Gasteiger partial charge >= 0.3 is 0 Å². The van der Waals surface area contributed by atoms with E-state index in [1.807, 2.05) is 0 Å². The molecule has 0 aliphatic heterocycles. The summed E-state index contributed by atoms with van der Waals surface area (Å²) in [4.78, 5) is 2.41. The molecule has 1 aromatic carbocycles. The van der Waals surface area contributed by atoms with Crippen molar-refractivity contribution in [2.24, 2.45) is 0 Å². The van der Waals surface area contributed by atoms with Crippen molar-refractivity contribution in [1.29, 1.82) is 0 Å². The highest BCUT2D eigenvalue weighted by molar-refractivity contribution is 6.31. The van der Waals surface area contributed by atoms with E-state index >= 15 is 0 Å². The lowest BCUT2D eigenvalue weighted by Gasteiger charge is -2.41. The molecule has 1 aromatic rings. The lowest BCUT2D eigenvalue weighted by molar-refractivity contribution is 0.214. The van der Waals surface area contributed by atoms with Crippen LogP contribution in [0.5, 0.6) is 0 Å². The zero-order valence-corrected chi connectivity index (χ0v) is 12.7. The predicted molar refractivity (Wildman–Crippen MR) is 80.2 cm³/mol. The van der Waals surface area contributed by atoms with Crippen LogP contribution in [0.25, 0.3) is 0 Å².